The summed E-state index contributed by atoms with van der Waals surface area (Å²) in [5, 5.41) is 6.89. The van der Waals surface area contributed by atoms with Gasteiger partial charge in [-0.3, -0.25) is 4.79 Å². The molecule has 0 unspecified atom stereocenters. The molecule has 5 heteroatoms. The number of carbonyl (C=O) groups excluding carboxylic acids is 1. The maximum absolute atomic E-state index is 9.00. The number of hydrogen-bond acceptors (Lipinski definition) is 2. The SMILES string of the molecule is C#C.C1CC2CCC1C2.NC(N)=O.O=CO. The van der Waals surface area contributed by atoms with E-state index in [0.29, 0.717) is 0 Å². The van der Waals surface area contributed by atoms with Gasteiger partial charge < -0.3 is 16.6 Å². The Hall–Kier alpha value is -1.70. The summed E-state index contributed by atoms with van der Waals surface area (Å²) in [7, 11) is 0. The third-order valence-corrected chi connectivity index (χ3v) is 2.63. The van der Waals surface area contributed by atoms with E-state index in [9.17, 15) is 0 Å². The Kier molecular flexibility index (Phi) is 11.9. The molecular formula is C11H20N2O3. The van der Waals surface area contributed by atoms with Gasteiger partial charge in [-0.05, 0) is 18.3 Å². The lowest BCUT2D eigenvalue weighted by atomic mass is 10.0. The van der Waals surface area contributed by atoms with E-state index in [2.05, 4.69) is 24.3 Å². The molecule has 0 saturated heterocycles. The van der Waals surface area contributed by atoms with E-state index in [4.69, 9.17) is 14.7 Å². The predicted octanol–water partition coefficient (Wildman–Crippen LogP) is 1.17. The van der Waals surface area contributed by atoms with Crippen LogP contribution in [-0.2, 0) is 4.79 Å². The molecule has 0 aliphatic heterocycles. The van der Waals surface area contributed by atoms with Crippen molar-refractivity contribution in [1.82, 2.24) is 0 Å². The Labute approximate surface area is 96.2 Å². The molecular weight excluding hydrogens is 208 g/mol. The number of hydrogen-bond donors (Lipinski definition) is 3. The molecule has 2 amide bonds. The second kappa shape index (κ2) is 11.4. The summed E-state index contributed by atoms with van der Waals surface area (Å²) in [4.78, 5) is 17.4. The minimum absolute atomic E-state index is 0.250. The summed E-state index contributed by atoms with van der Waals surface area (Å²) in [6.07, 6.45) is 15.8. The van der Waals surface area contributed by atoms with Crippen LogP contribution in [0.2, 0.25) is 0 Å². The van der Waals surface area contributed by atoms with Crippen molar-refractivity contribution in [2.75, 3.05) is 0 Å². The van der Waals surface area contributed by atoms with Gasteiger partial charge >= 0.3 is 6.03 Å². The quantitative estimate of drug-likeness (QED) is 0.428. The molecule has 0 aromatic carbocycles. The van der Waals surface area contributed by atoms with Gasteiger partial charge in [0.15, 0.2) is 0 Å². The highest BCUT2D eigenvalue weighted by molar-refractivity contribution is 5.69. The zero-order valence-corrected chi connectivity index (χ0v) is 9.34. The zero-order chi connectivity index (χ0) is 13.0. The van der Waals surface area contributed by atoms with Crippen LogP contribution in [0.5, 0.6) is 0 Å². The molecule has 92 valence electrons. The van der Waals surface area contributed by atoms with Crippen LogP contribution in [0, 0.1) is 24.7 Å². The van der Waals surface area contributed by atoms with Crippen LogP contribution in [0.4, 0.5) is 4.79 Å². The number of carboxylic acid groups (broad SMARTS) is 1. The van der Waals surface area contributed by atoms with Gasteiger partial charge in [0.2, 0.25) is 0 Å². The van der Waals surface area contributed by atoms with Crippen LogP contribution in [-0.4, -0.2) is 17.6 Å². The van der Waals surface area contributed by atoms with Crippen molar-refractivity contribution >= 4 is 12.5 Å². The van der Waals surface area contributed by atoms with E-state index >= 15 is 0 Å². The number of nitrogens with two attached hydrogens (primary N) is 2. The average Bonchev–Trinajstić information content (AvgIpc) is 2.84. The fraction of sp³-hybridized carbons (Fsp3) is 0.636. The smallest absolute Gasteiger partial charge is 0.309 e. The van der Waals surface area contributed by atoms with Gasteiger partial charge in [-0.1, -0.05) is 25.7 Å². The second-order valence-corrected chi connectivity index (χ2v) is 3.63. The molecule has 16 heavy (non-hydrogen) atoms. The van der Waals surface area contributed by atoms with Crippen molar-refractivity contribution in [3.63, 3.8) is 0 Å². The molecule has 0 heterocycles. The first-order valence-corrected chi connectivity index (χ1v) is 5.06. The van der Waals surface area contributed by atoms with Crippen LogP contribution < -0.4 is 11.5 Å². The van der Waals surface area contributed by atoms with Crippen LogP contribution in [0.25, 0.3) is 0 Å². The molecule has 2 rings (SSSR count). The molecule has 0 aromatic rings. The first kappa shape index (κ1) is 16.7. The third-order valence-electron chi connectivity index (χ3n) is 2.63. The van der Waals surface area contributed by atoms with Crippen LogP contribution in [0.1, 0.15) is 32.1 Å². The number of rotatable bonds is 0. The van der Waals surface area contributed by atoms with E-state index in [-0.39, 0.29) is 6.47 Å². The predicted molar refractivity (Wildman–Crippen MR) is 62.4 cm³/mol. The lowest BCUT2D eigenvalue weighted by Crippen LogP contribution is -2.18. The van der Waals surface area contributed by atoms with Crippen LogP contribution >= 0.6 is 0 Å². The molecule has 2 fully saturated rings. The molecule has 5 nitrogen and oxygen atoms in total. The average molecular weight is 228 g/mol. The molecule has 0 aromatic heterocycles. The Morgan fingerprint density at radius 1 is 1.12 bits per heavy atom. The second-order valence-electron chi connectivity index (χ2n) is 3.63. The van der Waals surface area contributed by atoms with Crippen molar-refractivity contribution < 1.29 is 14.7 Å². The maximum Gasteiger partial charge on any atom is 0.309 e. The minimum Gasteiger partial charge on any atom is -0.483 e. The maximum atomic E-state index is 9.00. The van der Waals surface area contributed by atoms with Crippen molar-refractivity contribution in [3.05, 3.63) is 0 Å². The molecule has 2 aliphatic carbocycles. The van der Waals surface area contributed by atoms with E-state index in [0.717, 1.165) is 0 Å². The van der Waals surface area contributed by atoms with E-state index in [1.807, 2.05) is 0 Å². The van der Waals surface area contributed by atoms with Crippen molar-refractivity contribution in [1.29, 1.82) is 0 Å². The first-order chi connectivity index (χ1) is 7.60. The standard InChI is InChI=1S/C7H12.C2H2.CH4N2O.CH2O2/c1-2-7-4-3-6(1)5-7;1-2;2-1(3)4;2-1-3/h6-7H,1-5H2;1-2H;(H4,2,3,4);1H,(H,2,3). The van der Waals surface area contributed by atoms with Gasteiger partial charge in [0.25, 0.3) is 6.47 Å². The number of fused-ring (bicyclic) bond motifs is 2. The number of amides is 2. The molecule has 0 radical (unpaired) electrons. The number of terminal acetylenes is 1. The topological polar surface area (TPSA) is 106 Å². The lowest BCUT2D eigenvalue weighted by Gasteiger charge is -2.05. The van der Waals surface area contributed by atoms with E-state index in [1.54, 1.807) is 32.1 Å². The lowest BCUT2D eigenvalue weighted by molar-refractivity contribution is -0.122. The molecule has 5 N–H and O–H groups in total. The number of primary amides is 2. The Balaban J connectivity index is 0. The Morgan fingerprint density at radius 2 is 1.31 bits per heavy atom. The highest BCUT2D eigenvalue weighted by atomic mass is 16.3. The highest BCUT2D eigenvalue weighted by Crippen LogP contribution is 2.43. The van der Waals surface area contributed by atoms with Crippen molar-refractivity contribution in [2.24, 2.45) is 23.3 Å². The zero-order valence-electron chi connectivity index (χ0n) is 9.34. The van der Waals surface area contributed by atoms with E-state index < -0.39 is 6.03 Å². The van der Waals surface area contributed by atoms with Crippen LogP contribution in [0.15, 0.2) is 0 Å². The van der Waals surface area contributed by atoms with Gasteiger partial charge in [0.05, 0.1) is 0 Å². The third kappa shape index (κ3) is 10.4. The Bertz CT molecular complexity index is 195. The van der Waals surface area contributed by atoms with E-state index in [1.165, 1.54) is 11.8 Å². The number of carbonyl (C=O) groups is 2. The highest BCUT2D eigenvalue weighted by Gasteiger charge is 2.30. The van der Waals surface area contributed by atoms with Gasteiger partial charge in [-0.2, -0.15) is 0 Å². The summed E-state index contributed by atoms with van der Waals surface area (Å²) in [6.45, 7) is -0.250. The van der Waals surface area contributed by atoms with Crippen molar-refractivity contribution in [2.45, 2.75) is 32.1 Å². The van der Waals surface area contributed by atoms with Gasteiger partial charge in [0.1, 0.15) is 0 Å². The molecule has 2 saturated carbocycles. The fourth-order valence-electron chi connectivity index (χ4n) is 2.17. The van der Waals surface area contributed by atoms with Gasteiger partial charge in [-0.15, -0.1) is 12.8 Å². The molecule has 0 spiro atoms. The van der Waals surface area contributed by atoms with Gasteiger partial charge in [-0.25, -0.2) is 4.79 Å². The van der Waals surface area contributed by atoms with Crippen LogP contribution in [0.3, 0.4) is 0 Å². The van der Waals surface area contributed by atoms with Crippen molar-refractivity contribution in [3.8, 4) is 12.8 Å². The van der Waals surface area contributed by atoms with Gasteiger partial charge in [0, 0.05) is 0 Å². The fourth-order valence-corrected chi connectivity index (χ4v) is 2.17. The monoisotopic (exact) mass is 228 g/mol. The first-order valence-electron chi connectivity index (χ1n) is 5.06. The molecule has 2 bridgehead atoms. The summed E-state index contributed by atoms with van der Waals surface area (Å²) in [5.41, 5.74) is 8.50. The summed E-state index contributed by atoms with van der Waals surface area (Å²) in [6, 6.07) is -0.833. The summed E-state index contributed by atoms with van der Waals surface area (Å²) >= 11 is 0. The Morgan fingerprint density at radius 3 is 1.38 bits per heavy atom. The number of urea groups is 1. The largest absolute Gasteiger partial charge is 0.483 e. The minimum atomic E-state index is -0.833. The molecule has 0 atom stereocenters. The molecule has 2 aliphatic rings. The normalized spacial score (nSPS) is 23.4. The summed E-state index contributed by atoms with van der Waals surface area (Å²) < 4.78 is 0. The summed E-state index contributed by atoms with van der Waals surface area (Å²) in [5.74, 6) is 2.34.